The maximum Gasteiger partial charge on any atom is 0.420 e. The lowest BCUT2D eigenvalue weighted by atomic mass is 10.2. The second-order valence-corrected chi connectivity index (χ2v) is 8.57. The zero-order valence-corrected chi connectivity index (χ0v) is 15.5. The van der Waals surface area contributed by atoms with E-state index >= 15 is 0 Å². The number of benzene rings is 2. The van der Waals surface area contributed by atoms with Gasteiger partial charge in [-0.25, -0.2) is 17.5 Å². The van der Waals surface area contributed by atoms with E-state index in [1.165, 1.54) is 30.8 Å². The van der Waals surface area contributed by atoms with Gasteiger partial charge in [-0.2, -0.15) is 0 Å². The van der Waals surface area contributed by atoms with Gasteiger partial charge in [-0.05, 0) is 29.8 Å². The maximum absolute atomic E-state index is 12.2. The van der Waals surface area contributed by atoms with E-state index < -0.39 is 15.8 Å². The van der Waals surface area contributed by atoms with Gasteiger partial charge in [0.15, 0.2) is 5.58 Å². The molecule has 0 spiro atoms. The molecule has 0 aliphatic heterocycles. The van der Waals surface area contributed by atoms with Crippen molar-refractivity contribution in [3.8, 4) is 0 Å². The summed E-state index contributed by atoms with van der Waals surface area (Å²) < 4.78 is 33.1. The van der Waals surface area contributed by atoms with Crippen LogP contribution in [0.3, 0.4) is 0 Å². The molecule has 24 heavy (non-hydrogen) atoms. The second-order valence-electron chi connectivity index (χ2n) is 5.50. The number of fused-ring (bicyclic) bond motifs is 1. The van der Waals surface area contributed by atoms with Crippen LogP contribution in [0.4, 0.5) is 0 Å². The number of sulfonamides is 1. The third-order valence-corrected chi connectivity index (χ3v) is 5.95. The molecule has 0 amide bonds. The number of hydrogen-bond acceptors (Lipinski definition) is 4. The fraction of sp³-hybridized carbons (Fsp3) is 0.188. The van der Waals surface area contributed by atoms with Crippen LogP contribution in [-0.2, 0) is 16.6 Å². The third-order valence-electron chi connectivity index (χ3n) is 3.65. The molecule has 6 nitrogen and oxygen atoms in total. The lowest BCUT2D eigenvalue weighted by Crippen LogP contribution is -2.22. The molecule has 0 saturated carbocycles. The van der Waals surface area contributed by atoms with E-state index in [0.717, 1.165) is 14.3 Å². The summed E-state index contributed by atoms with van der Waals surface area (Å²) in [6.45, 7) is 0.338. The highest BCUT2D eigenvalue weighted by Gasteiger charge is 2.19. The first-order valence-electron chi connectivity index (χ1n) is 7.09. The fourth-order valence-electron chi connectivity index (χ4n) is 2.39. The van der Waals surface area contributed by atoms with Crippen molar-refractivity contribution in [3.05, 3.63) is 63.1 Å². The highest BCUT2D eigenvalue weighted by Crippen LogP contribution is 2.21. The molecule has 0 bridgehead atoms. The van der Waals surface area contributed by atoms with Gasteiger partial charge in [-0.3, -0.25) is 4.57 Å². The normalized spacial score (nSPS) is 12.2. The summed E-state index contributed by atoms with van der Waals surface area (Å²) in [5.74, 6) is -0.524. The van der Waals surface area contributed by atoms with Crippen molar-refractivity contribution in [2.24, 2.45) is 0 Å². The summed E-state index contributed by atoms with van der Waals surface area (Å²) in [4.78, 5) is 12.2. The third kappa shape index (κ3) is 3.04. The minimum Gasteiger partial charge on any atom is -0.408 e. The Balaban J connectivity index is 2.08. The first-order valence-corrected chi connectivity index (χ1v) is 9.33. The Morgan fingerprint density at radius 2 is 1.92 bits per heavy atom. The molecule has 3 rings (SSSR count). The van der Waals surface area contributed by atoms with E-state index in [1.54, 1.807) is 6.07 Å². The molecule has 3 aromatic rings. The standard InChI is InChI=1S/C16H15BrN2O4S/c1-18(2)24(21,22)13-6-7-14-15(9-13)23-16(20)19(14)10-11-4-3-5-12(17)8-11/h3-9H,10H2,1-2H3. The van der Waals surface area contributed by atoms with Crippen LogP contribution in [0.5, 0.6) is 0 Å². The number of oxazole rings is 1. The van der Waals surface area contributed by atoms with Gasteiger partial charge < -0.3 is 4.42 Å². The van der Waals surface area contributed by atoms with Crippen LogP contribution in [0, 0.1) is 0 Å². The molecule has 0 aliphatic carbocycles. The monoisotopic (exact) mass is 410 g/mol. The SMILES string of the molecule is CN(C)S(=O)(=O)c1ccc2c(c1)oc(=O)n2Cc1cccc(Br)c1. The minimum atomic E-state index is -3.58. The molecule has 2 aromatic carbocycles. The van der Waals surface area contributed by atoms with E-state index in [2.05, 4.69) is 15.9 Å². The predicted octanol–water partition coefficient (Wildman–Crippen LogP) is 2.66. The number of rotatable bonds is 4. The summed E-state index contributed by atoms with van der Waals surface area (Å²) in [6.07, 6.45) is 0. The molecule has 1 heterocycles. The number of halogens is 1. The smallest absolute Gasteiger partial charge is 0.408 e. The van der Waals surface area contributed by atoms with Crippen LogP contribution in [0.25, 0.3) is 11.1 Å². The minimum absolute atomic E-state index is 0.0864. The molecule has 0 fully saturated rings. The quantitative estimate of drug-likeness (QED) is 0.662. The van der Waals surface area contributed by atoms with Gasteiger partial charge in [-0.15, -0.1) is 0 Å². The van der Waals surface area contributed by atoms with Crippen molar-refractivity contribution in [1.82, 2.24) is 8.87 Å². The average Bonchev–Trinajstić information content (AvgIpc) is 2.82. The van der Waals surface area contributed by atoms with E-state index in [0.29, 0.717) is 12.1 Å². The van der Waals surface area contributed by atoms with Gasteiger partial charge in [0.1, 0.15) is 0 Å². The van der Waals surface area contributed by atoms with E-state index in [1.807, 2.05) is 24.3 Å². The summed E-state index contributed by atoms with van der Waals surface area (Å²) in [6, 6.07) is 12.0. The van der Waals surface area contributed by atoms with Crippen molar-refractivity contribution in [2.75, 3.05) is 14.1 Å². The Kier molecular flexibility index (Phi) is 4.37. The van der Waals surface area contributed by atoms with Crippen LogP contribution in [0.1, 0.15) is 5.56 Å². The summed E-state index contributed by atoms with van der Waals surface area (Å²) in [5, 5.41) is 0. The summed E-state index contributed by atoms with van der Waals surface area (Å²) >= 11 is 3.40. The predicted molar refractivity (Wildman–Crippen MR) is 94.6 cm³/mol. The van der Waals surface area contributed by atoms with Gasteiger partial charge in [0.2, 0.25) is 10.0 Å². The first-order chi connectivity index (χ1) is 11.3. The number of hydrogen-bond donors (Lipinski definition) is 0. The van der Waals surface area contributed by atoms with Crippen LogP contribution >= 0.6 is 15.9 Å². The van der Waals surface area contributed by atoms with Crippen LogP contribution in [-0.4, -0.2) is 31.4 Å². The molecule has 0 unspecified atom stereocenters. The molecule has 0 atom stereocenters. The summed E-state index contributed by atoms with van der Waals surface area (Å²) in [7, 11) is -0.676. The molecule has 8 heteroatoms. The molecule has 1 aromatic heterocycles. The lowest BCUT2D eigenvalue weighted by Gasteiger charge is -2.11. The molecular weight excluding hydrogens is 396 g/mol. The number of aromatic nitrogens is 1. The van der Waals surface area contributed by atoms with Crippen molar-refractivity contribution in [2.45, 2.75) is 11.4 Å². The fourth-order valence-corrected chi connectivity index (χ4v) is 3.75. The Bertz CT molecular complexity index is 1070. The molecule has 0 aliphatic rings. The molecule has 0 N–H and O–H groups in total. The van der Waals surface area contributed by atoms with Gasteiger partial charge >= 0.3 is 5.76 Å². The number of nitrogens with zero attached hydrogens (tertiary/aromatic N) is 2. The molecule has 0 saturated heterocycles. The Morgan fingerprint density at radius 3 is 2.58 bits per heavy atom. The summed E-state index contributed by atoms with van der Waals surface area (Å²) in [5.41, 5.74) is 1.73. The zero-order chi connectivity index (χ0) is 17.5. The van der Waals surface area contributed by atoms with Gasteiger partial charge in [0, 0.05) is 24.6 Å². The van der Waals surface area contributed by atoms with Crippen LogP contribution in [0.2, 0.25) is 0 Å². The van der Waals surface area contributed by atoms with Crippen molar-refractivity contribution >= 4 is 37.1 Å². The highest BCUT2D eigenvalue weighted by atomic mass is 79.9. The topological polar surface area (TPSA) is 72.5 Å². The molecule has 0 radical (unpaired) electrons. The molecule has 126 valence electrons. The zero-order valence-electron chi connectivity index (χ0n) is 13.1. The maximum atomic E-state index is 12.2. The molecular formula is C16H15BrN2O4S. The van der Waals surface area contributed by atoms with Crippen molar-refractivity contribution in [1.29, 1.82) is 0 Å². The van der Waals surface area contributed by atoms with Gasteiger partial charge in [-0.1, -0.05) is 28.1 Å². The van der Waals surface area contributed by atoms with E-state index in [4.69, 9.17) is 4.42 Å². The van der Waals surface area contributed by atoms with Gasteiger partial charge in [0.25, 0.3) is 0 Å². The van der Waals surface area contributed by atoms with Crippen LogP contribution < -0.4 is 5.76 Å². The Hall–Kier alpha value is -1.90. The van der Waals surface area contributed by atoms with Crippen molar-refractivity contribution in [3.63, 3.8) is 0 Å². The Labute approximate surface area is 147 Å². The van der Waals surface area contributed by atoms with Gasteiger partial charge in [0.05, 0.1) is 17.0 Å². The largest absolute Gasteiger partial charge is 0.420 e. The van der Waals surface area contributed by atoms with Crippen molar-refractivity contribution < 1.29 is 12.8 Å². The Morgan fingerprint density at radius 1 is 1.17 bits per heavy atom. The first kappa shape index (κ1) is 16.9. The average molecular weight is 411 g/mol. The second kappa shape index (κ2) is 6.19. The lowest BCUT2D eigenvalue weighted by molar-refractivity contribution is 0.513. The van der Waals surface area contributed by atoms with E-state index in [-0.39, 0.29) is 10.5 Å². The highest BCUT2D eigenvalue weighted by molar-refractivity contribution is 9.10. The van der Waals surface area contributed by atoms with E-state index in [9.17, 15) is 13.2 Å². The van der Waals surface area contributed by atoms with Crippen LogP contribution in [0.15, 0.2) is 61.0 Å².